The van der Waals surface area contributed by atoms with Gasteiger partial charge in [0.1, 0.15) is 0 Å². The van der Waals surface area contributed by atoms with Crippen LogP contribution in [0.1, 0.15) is 36.0 Å². The van der Waals surface area contributed by atoms with E-state index in [9.17, 15) is 9.90 Å². The fourth-order valence-corrected chi connectivity index (χ4v) is 3.39. The molecule has 140 valence electrons. The van der Waals surface area contributed by atoms with Gasteiger partial charge in [0, 0.05) is 23.7 Å². The Morgan fingerprint density at radius 2 is 2.07 bits per heavy atom. The second-order valence-corrected chi connectivity index (χ2v) is 6.71. The molecule has 2 N–H and O–H groups in total. The number of esters is 1. The van der Waals surface area contributed by atoms with Crippen molar-refractivity contribution in [3.05, 3.63) is 42.2 Å². The Bertz CT molecular complexity index is 963. The number of aromatic nitrogens is 4. The second kappa shape index (κ2) is 7.32. The molecular weight excluding hydrogens is 346 g/mol. The minimum atomic E-state index is -0.394. The Morgan fingerprint density at radius 1 is 1.26 bits per heavy atom. The first-order chi connectivity index (χ1) is 13.1. The van der Waals surface area contributed by atoms with Crippen molar-refractivity contribution in [2.24, 2.45) is 0 Å². The smallest absolute Gasteiger partial charge is 0.337 e. The summed E-state index contributed by atoms with van der Waals surface area (Å²) >= 11 is 0. The van der Waals surface area contributed by atoms with Crippen LogP contribution in [-0.4, -0.2) is 50.1 Å². The maximum atomic E-state index is 11.8. The van der Waals surface area contributed by atoms with E-state index in [1.54, 1.807) is 35.3 Å². The monoisotopic (exact) mass is 367 g/mol. The van der Waals surface area contributed by atoms with Crippen molar-refractivity contribution < 1.29 is 14.6 Å². The summed E-state index contributed by atoms with van der Waals surface area (Å²) in [7, 11) is 1.36. The molecule has 0 radical (unpaired) electrons. The third-order valence-corrected chi connectivity index (χ3v) is 4.88. The average molecular weight is 367 g/mol. The molecule has 2 aromatic heterocycles. The molecule has 0 unspecified atom stereocenters. The van der Waals surface area contributed by atoms with Crippen LogP contribution in [-0.2, 0) is 4.74 Å². The van der Waals surface area contributed by atoms with Gasteiger partial charge in [-0.1, -0.05) is 6.07 Å². The highest BCUT2D eigenvalue weighted by Gasteiger charge is 2.20. The van der Waals surface area contributed by atoms with Gasteiger partial charge in [0.2, 0.25) is 5.95 Å². The Labute approximate surface area is 156 Å². The molecule has 2 heterocycles. The fourth-order valence-electron chi connectivity index (χ4n) is 3.39. The van der Waals surface area contributed by atoms with Gasteiger partial charge in [-0.15, -0.1) is 0 Å². The third kappa shape index (κ3) is 3.61. The van der Waals surface area contributed by atoms with Gasteiger partial charge in [0.15, 0.2) is 5.82 Å². The molecule has 1 aromatic carbocycles. The van der Waals surface area contributed by atoms with Gasteiger partial charge in [0.25, 0.3) is 0 Å². The number of fused-ring (bicyclic) bond motifs is 1. The zero-order chi connectivity index (χ0) is 18.8. The quantitative estimate of drug-likeness (QED) is 0.682. The lowest BCUT2D eigenvalue weighted by molar-refractivity contribution is 0.0601. The van der Waals surface area contributed by atoms with Gasteiger partial charge >= 0.3 is 5.97 Å². The van der Waals surface area contributed by atoms with Crippen LogP contribution in [0, 0.1) is 0 Å². The molecule has 4 rings (SSSR count). The molecule has 0 saturated heterocycles. The summed E-state index contributed by atoms with van der Waals surface area (Å²) in [5.41, 5.74) is 1.23. The molecule has 3 aromatic rings. The van der Waals surface area contributed by atoms with Crippen molar-refractivity contribution in [1.82, 2.24) is 19.7 Å². The van der Waals surface area contributed by atoms with Crippen LogP contribution in [0.5, 0.6) is 0 Å². The van der Waals surface area contributed by atoms with Gasteiger partial charge in [0.05, 0.1) is 30.5 Å². The van der Waals surface area contributed by atoms with E-state index in [-0.39, 0.29) is 12.1 Å². The molecule has 0 aliphatic heterocycles. The Balaban J connectivity index is 1.62. The summed E-state index contributed by atoms with van der Waals surface area (Å²) in [6.07, 6.45) is 6.57. The van der Waals surface area contributed by atoms with Gasteiger partial charge in [-0.25, -0.2) is 14.5 Å². The number of methoxy groups -OCH3 is 1. The lowest BCUT2D eigenvalue weighted by atomic mass is 9.93. The van der Waals surface area contributed by atoms with Crippen molar-refractivity contribution >= 4 is 22.8 Å². The highest BCUT2D eigenvalue weighted by molar-refractivity contribution is 5.94. The number of hydrogen-bond acceptors (Lipinski definition) is 7. The number of aliphatic hydroxyl groups is 1. The van der Waals surface area contributed by atoms with Gasteiger partial charge in [-0.05, 0) is 37.8 Å². The van der Waals surface area contributed by atoms with Crippen molar-refractivity contribution in [3.63, 3.8) is 0 Å². The van der Waals surface area contributed by atoms with E-state index in [4.69, 9.17) is 4.74 Å². The molecule has 1 saturated carbocycles. The molecule has 8 heteroatoms. The van der Waals surface area contributed by atoms with Crippen LogP contribution in [0.15, 0.2) is 36.7 Å². The Kier molecular flexibility index (Phi) is 4.72. The van der Waals surface area contributed by atoms with Gasteiger partial charge in [-0.2, -0.15) is 10.1 Å². The maximum absolute atomic E-state index is 11.8. The molecule has 8 nitrogen and oxygen atoms in total. The lowest BCUT2D eigenvalue weighted by Crippen LogP contribution is -2.29. The van der Waals surface area contributed by atoms with E-state index in [2.05, 4.69) is 20.4 Å². The van der Waals surface area contributed by atoms with E-state index < -0.39 is 5.97 Å². The molecule has 0 amide bonds. The summed E-state index contributed by atoms with van der Waals surface area (Å²) in [4.78, 5) is 20.7. The number of aliphatic hydroxyl groups excluding tert-OH is 1. The largest absolute Gasteiger partial charge is 0.465 e. The molecular formula is C19H21N5O3. The molecule has 1 aliphatic carbocycles. The first-order valence-electron chi connectivity index (χ1n) is 8.98. The maximum Gasteiger partial charge on any atom is 0.337 e. The van der Waals surface area contributed by atoms with E-state index in [0.717, 1.165) is 36.6 Å². The summed E-state index contributed by atoms with van der Waals surface area (Å²) in [5.74, 6) is 0.746. The number of carbonyl (C=O) groups is 1. The van der Waals surface area contributed by atoms with Crippen molar-refractivity contribution in [2.75, 3.05) is 12.4 Å². The highest BCUT2D eigenvalue weighted by atomic mass is 16.5. The number of nitrogens with one attached hydrogen (secondary N) is 1. The van der Waals surface area contributed by atoms with Gasteiger partial charge in [-0.3, -0.25) is 0 Å². The second-order valence-electron chi connectivity index (χ2n) is 6.71. The van der Waals surface area contributed by atoms with Crippen molar-refractivity contribution in [1.29, 1.82) is 0 Å². The number of rotatable bonds is 4. The summed E-state index contributed by atoms with van der Waals surface area (Å²) in [5, 5.41) is 18.3. The number of benzene rings is 1. The van der Waals surface area contributed by atoms with Crippen LogP contribution in [0.4, 0.5) is 5.95 Å². The Hall–Kier alpha value is -3.00. The van der Waals surface area contributed by atoms with Crippen LogP contribution < -0.4 is 5.32 Å². The van der Waals surface area contributed by atoms with Gasteiger partial charge < -0.3 is 15.2 Å². The van der Waals surface area contributed by atoms with Crippen LogP contribution in [0.25, 0.3) is 16.7 Å². The number of ether oxygens (including phenoxy) is 1. The zero-order valence-corrected chi connectivity index (χ0v) is 15.0. The predicted molar refractivity (Wildman–Crippen MR) is 99.9 cm³/mol. The first kappa shape index (κ1) is 17.4. The molecule has 1 fully saturated rings. The number of carbonyl (C=O) groups excluding carboxylic acids is 1. The average Bonchev–Trinajstić information content (AvgIpc) is 3.12. The molecule has 0 bridgehead atoms. The first-order valence-corrected chi connectivity index (χ1v) is 8.98. The highest BCUT2D eigenvalue weighted by Crippen LogP contribution is 2.22. The lowest BCUT2D eigenvalue weighted by Gasteiger charge is -2.26. The molecule has 0 spiro atoms. The van der Waals surface area contributed by atoms with E-state index in [1.807, 2.05) is 6.07 Å². The normalized spacial score (nSPS) is 19.8. The number of nitrogens with zero attached hydrogens (tertiary/aromatic N) is 4. The third-order valence-electron chi connectivity index (χ3n) is 4.88. The van der Waals surface area contributed by atoms with E-state index in [0.29, 0.717) is 17.3 Å². The Morgan fingerprint density at radius 3 is 2.85 bits per heavy atom. The van der Waals surface area contributed by atoms with Crippen LogP contribution in [0.3, 0.4) is 0 Å². The minimum Gasteiger partial charge on any atom is -0.465 e. The number of anilines is 1. The zero-order valence-electron chi connectivity index (χ0n) is 15.0. The summed E-state index contributed by atoms with van der Waals surface area (Å²) in [6, 6.07) is 7.31. The van der Waals surface area contributed by atoms with Crippen molar-refractivity contribution in [3.8, 4) is 5.82 Å². The number of hydrogen-bond donors (Lipinski definition) is 2. The predicted octanol–water partition coefficient (Wildman–Crippen LogP) is 2.32. The molecule has 27 heavy (non-hydrogen) atoms. The summed E-state index contributed by atoms with van der Waals surface area (Å²) < 4.78 is 6.48. The minimum absolute atomic E-state index is 0.199. The van der Waals surface area contributed by atoms with Crippen LogP contribution in [0.2, 0.25) is 0 Å². The molecule has 1 aliphatic rings. The standard InChI is InChI=1S/C19H21N5O3/c1-27-18(26)12-2-3-13-11-21-24(16(13)10-12)17-8-9-20-19(23-17)22-14-4-6-15(25)7-5-14/h2-3,8-11,14-15,25H,4-7H2,1H3,(H,20,22,23). The topological polar surface area (TPSA) is 102 Å². The van der Waals surface area contributed by atoms with Crippen LogP contribution >= 0.6 is 0 Å². The van der Waals surface area contributed by atoms with Crippen molar-refractivity contribution in [2.45, 2.75) is 37.8 Å². The fraction of sp³-hybridized carbons (Fsp3) is 0.368. The molecule has 0 atom stereocenters. The summed E-state index contributed by atoms with van der Waals surface area (Å²) in [6.45, 7) is 0. The SMILES string of the molecule is COC(=O)c1ccc2cnn(-c3ccnc(NC4CCC(O)CC4)n3)c2c1. The van der Waals surface area contributed by atoms with E-state index in [1.165, 1.54) is 7.11 Å². The van der Waals surface area contributed by atoms with E-state index >= 15 is 0 Å².